The van der Waals surface area contributed by atoms with E-state index in [0.717, 1.165) is 30.8 Å². The summed E-state index contributed by atoms with van der Waals surface area (Å²) in [6.45, 7) is 1.51. The molecule has 0 saturated carbocycles. The summed E-state index contributed by atoms with van der Waals surface area (Å²) >= 11 is 0. The zero-order valence-corrected chi connectivity index (χ0v) is 17.8. The molecule has 11 nitrogen and oxygen atoms in total. The van der Waals surface area contributed by atoms with Crippen LogP contribution in [0.3, 0.4) is 0 Å². The highest BCUT2D eigenvalue weighted by Crippen LogP contribution is 2.24. The normalized spacial score (nSPS) is 16.9. The lowest BCUT2D eigenvalue weighted by Gasteiger charge is -2.16. The maximum Gasteiger partial charge on any atom is 0.321 e. The summed E-state index contributed by atoms with van der Waals surface area (Å²) in [7, 11) is -2.43. The quantitative estimate of drug-likeness (QED) is 0.607. The van der Waals surface area contributed by atoms with Gasteiger partial charge in [-0.25, -0.2) is 13.1 Å². The minimum absolute atomic E-state index is 0.00358. The van der Waals surface area contributed by atoms with Gasteiger partial charge >= 0.3 is 6.01 Å². The molecule has 0 unspecified atom stereocenters. The molecular weight excluding hydrogens is 424 g/mol. The highest BCUT2D eigenvalue weighted by molar-refractivity contribution is 7.89. The first kappa shape index (κ1) is 21.1. The molecule has 31 heavy (non-hydrogen) atoms. The summed E-state index contributed by atoms with van der Waals surface area (Å²) in [6, 6.07) is 5.69. The van der Waals surface area contributed by atoms with E-state index in [1.54, 1.807) is 0 Å². The number of hydrogen-bond donors (Lipinski definition) is 1. The smallest absolute Gasteiger partial charge is 0.321 e. The molecule has 1 aromatic carbocycles. The lowest BCUT2D eigenvalue weighted by Crippen LogP contribution is -2.29. The third kappa shape index (κ3) is 4.49. The maximum atomic E-state index is 12.7. The van der Waals surface area contributed by atoms with Gasteiger partial charge in [0.05, 0.1) is 24.2 Å². The van der Waals surface area contributed by atoms with Crippen LogP contribution in [0.15, 0.2) is 29.2 Å². The van der Waals surface area contributed by atoms with Crippen molar-refractivity contribution in [3.8, 4) is 6.01 Å². The molecule has 2 fully saturated rings. The Balaban J connectivity index is 1.48. The van der Waals surface area contributed by atoms with Gasteiger partial charge in [-0.2, -0.15) is 15.0 Å². The Bertz CT molecular complexity index is 1080. The Morgan fingerprint density at radius 2 is 1.65 bits per heavy atom. The second kappa shape index (κ2) is 8.55. The van der Waals surface area contributed by atoms with Gasteiger partial charge in [-0.05, 0) is 37.1 Å². The van der Waals surface area contributed by atoms with Gasteiger partial charge < -0.3 is 9.64 Å². The van der Waals surface area contributed by atoms with Crippen LogP contribution in [0.2, 0.25) is 0 Å². The van der Waals surface area contributed by atoms with E-state index in [9.17, 15) is 18.0 Å². The first-order chi connectivity index (χ1) is 14.9. The van der Waals surface area contributed by atoms with Crippen LogP contribution < -0.4 is 19.3 Å². The Kier molecular flexibility index (Phi) is 5.83. The van der Waals surface area contributed by atoms with Gasteiger partial charge in [-0.15, -0.1) is 0 Å². The third-order valence-electron chi connectivity index (χ3n) is 5.10. The van der Waals surface area contributed by atoms with Crippen molar-refractivity contribution in [2.24, 2.45) is 0 Å². The van der Waals surface area contributed by atoms with Crippen LogP contribution in [0.1, 0.15) is 31.5 Å². The molecule has 1 aromatic heterocycles. The number of carbonyl (C=O) groups excluding carboxylic acids is 2. The number of methoxy groups -OCH3 is 1. The summed E-state index contributed by atoms with van der Waals surface area (Å²) in [5.41, 5.74) is 0.351. The van der Waals surface area contributed by atoms with E-state index in [1.165, 1.54) is 31.4 Å². The number of aromatic nitrogens is 3. The molecule has 0 bridgehead atoms. The van der Waals surface area contributed by atoms with Gasteiger partial charge in [0, 0.05) is 25.9 Å². The largest absolute Gasteiger partial charge is 0.467 e. The molecule has 2 amide bonds. The molecule has 0 radical (unpaired) electrons. The fourth-order valence-corrected chi connectivity index (χ4v) is 4.48. The lowest BCUT2D eigenvalue weighted by atomic mass is 10.3. The molecule has 3 heterocycles. The van der Waals surface area contributed by atoms with Crippen molar-refractivity contribution in [3.63, 3.8) is 0 Å². The second-order valence-electron chi connectivity index (χ2n) is 7.17. The SMILES string of the molecule is COc1nc(CNS(=O)(=O)c2ccc(N3C(=O)CCC3=O)cc2)nc(N2CCCC2)n1. The van der Waals surface area contributed by atoms with Gasteiger partial charge in [0.1, 0.15) is 0 Å². The van der Waals surface area contributed by atoms with Crippen LogP contribution in [-0.4, -0.2) is 55.4 Å². The van der Waals surface area contributed by atoms with E-state index in [1.807, 2.05) is 4.90 Å². The van der Waals surface area contributed by atoms with Crippen LogP contribution in [0, 0.1) is 0 Å². The molecule has 2 saturated heterocycles. The van der Waals surface area contributed by atoms with Crippen LogP contribution >= 0.6 is 0 Å². The molecule has 0 atom stereocenters. The average molecular weight is 446 g/mol. The van der Waals surface area contributed by atoms with Gasteiger partial charge in [0.15, 0.2) is 5.82 Å². The summed E-state index contributed by atoms with van der Waals surface area (Å²) in [4.78, 5) is 39.5. The Labute approximate surface area is 179 Å². The van der Waals surface area contributed by atoms with E-state index in [-0.39, 0.29) is 47.9 Å². The number of nitrogens with one attached hydrogen (secondary N) is 1. The van der Waals surface area contributed by atoms with Crippen molar-refractivity contribution in [3.05, 3.63) is 30.1 Å². The molecule has 164 valence electrons. The number of benzene rings is 1. The molecular formula is C19H22N6O5S. The number of imide groups is 1. The molecule has 12 heteroatoms. The van der Waals surface area contributed by atoms with E-state index in [4.69, 9.17) is 4.74 Å². The standard InChI is InChI=1S/C19H22N6O5S/c1-30-19-22-15(21-18(23-19)24-10-2-3-11-24)12-20-31(28,29)14-6-4-13(5-7-14)25-16(26)8-9-17(25)27/h4-7,20H,2-3,8-12H2,1H3. The van der Waals surface area contributed by atoms with Crippen molar-refractivity contribution in [1.82, 2.24) is 19.7 Å². The van der Waals surface area contributed by atoms with Gasteiger partial charge in [0.2, 0.25) is 27.8 Å². The highest BCUT2D eigenvalue weighted by atomic mass is 32.2. The minimum Gasteiger partial charge on any atom is -0.467 e. The van der Waals surface area contributed by atoms with Gasteiger partial charge in [-0.3, -0.25) is 14.5 Å². The molecule has 2 aliphatic heterocycles. The lowest BCUT2D eigenvalue weighted by molar-refractivity contribution is -0.121. The van der Waals surface area contributed by atoms with Crippen molar-refractivity contribution in [1.29, 1.82) is 0 Å². The number of amides is 2. The number of carbonyl (C=O) groups is 2. The summed E-state index contributed by atoms with van der Waals surface area (Å²) < 4.78 is 33.0. The van der Waals surface area contributed by atoms with Crippen molar-refractivity contribution in [2.45, 2.75) is 37.1 Å². The van der Waals surface area contributed by atoms with Crippen LogP contribution in [0.5, 0.6) is 6.01 Å². The summed E-state index contributed by atoms with van der Waals surface area (Å²) in [5, 5.41) is 0. The Hall–Kier alpha value is -3.12. The van der Waals surface area contributed by atoms with E-state index >= 15 is 0 Å². The monoisotopic (exact) mass is 446 g/mol. The third-order valence-corrected chi connectivity index (χ3v) is 6.52. The fourth-order valence-electron chi connectivity index (χ4n) is 3.50. The predicted octanol–water partition coefficient (Wildman–Crippen LogP) is 0.612. The molecule has 0 aliphatic carbocycles. The Morgan fingerprint density at radius 1 is 1.00 bits per heavy atom. The molecule has 1 N–H and O–H groups in total. The van der Waals surface area contributed by atoms with Crippen molar-refractivity contribution >= 4 is 33.5 Å². The van der Waals surface area contributed by atoms with Crippen molar-refractivity contribution < 1.29 is 22.7 Å². The number of rotatable bonds is 7. The van der Waals surface area contributed by atoms with E-state index in [2.05, 4.69) is 19.7 Å². The van der Waals surface area contributed by atoms with Crippen LogP contribution in [0.4, 0.5) is 11.6 Å². The highest BCUT2D eigenvalue weighted by Gasteiger charge is 2.30. The number of hydrogen-bond acceptors (Lipinski definition) is 9. The van der Waals surface area contributed by atoms with Gasteiger partial charge in [0.25, 0.3) is 0 Å². The topological polar surface area (TPSA) is 135 Å². The van der Waals surface area contributed by atoms with E-state index in [0.29, 0.717) is 11.6 Å². The van der Waals surface area contributed by atoms with E-state index < -0.39 is 10.0 Å². The molecule has 4 rings (SSSR count). The van der Waals surface area contributed by atoms with Crippen molar-refractivity contribution in [2.75, 3.05) is 30.0 Å². The number of anilines is 2. The number of sulfonamides is 1. The number of ether oxygens (including phenoxy) is 1. The summed E-state index contributed by atoms with van der Waals surface area (Å²) in [6.07, 6.45) is 2.41. The first-order valence-electron chi connectivity index (χ1n) is 9.87. The van der Waals surface area contributed by atoms with Crippen LogP contribution in [-0.2, 0) is 26.2 Å². The predicted molar refractivity (Wildman–Crippen MR) is 110 cm³/mol. The average Bonchev–Trinajstić information content (AvgIpc) is 3.42. The second-order valence-corrected chi connectivity index (χ2v) is 8.94. The Morgan fingerprint density at radius 3 is 2.26 bits per heavy atom. The minimum atomic E-state index is -3.87. The first-order valence-corrected chi connectivity index (χ1v) is 11.3. The van der Waals surface area contributed by atoms with Crippen LogP contribution in [0.25, 0.3) is 0 Å². The zero-order chi connectivity index (χ0) is 22.0. The molecule has 0 spiro atoms. The maximum absolute atomic E-state index is 12.7. The fraction of sp³-hybridized carbons (Fsp3) is 0.421. The summed E-state index contributed by atoms with van der Waals surface area (Å²) in [5.74, 6) is 0.109. The molecule has 2 aromatic rings. The molecule has 2 aliphatic rings. The van der Waals surface area contributed by atoms with Gasteiger partial charge in [-0.1, -0.05) is 0 Å². The number of nitrogens with zero attached hydrogens (tertiary/aromatic N) is 5. The zero-order valence-electron chi connectivity index (χ0n) is 16.9.